The molecule has 5 heteroatoms. The molecule has 0 atom stereocenters. The predicted octanol–water partition coefficient (Wildman–Crippen LogP) is 4.32. The number of carbonyl (C=O) groups is 1. The van der Waals surface area contributed by atoms with E-state index in [0.717, 1.165) is 33.5 Å². The number of rotatable bonds is 2. The van der Waals surface area contributed by atoms with E-state index in [1.54, 1.807) is 19.2 Å². The van der Waals surface area contributed by atoms with Crippen LogP contribution < -0.4 is 10.1 Å². The maximum absolute atomic E-state index is 12.3. The molecule has 114 valence electrons. The van der Waals surface area contributed by atoms with Gasteiger partial charge in [0, 0.05) is 38.8 Å². The summed E-state index contributed by atoms with van der Waals surface area (Å²) < 4.78 is 5.28. The number of benzene rings is 2. The van der Waals surface area contributed by atoms with Crippen LogP contribution in [-0.4, -0.2) is 18.0 Å². The van der Waals surface area contributed by atoms with Gasteiger partial charge in [0.2, 0.25) is 0 Å². The number of nitrogens with one attached hydrogen (secondary N) is 2. The first-order chi connectivity index (χ1) is 11.2. The summed E-state index contributed by atoms with van der Waals surface area (Å²) in [6, 6.07) is 11.2. The van der Waals surface area contributed by atoms with Crippen LogP contribution in [0.4, 0.5) is 5.69 Å². The highest BCUT2D eigenvalue weighted by molar-refractivity contribution is 6.36. The molecule has 4 nitrogen and oxygen atoms in total. The van der Waals surface area contributed by atoms with Gasteiger partial charge in [-0.05, 0) is 36.4 Å². The third-order valence-corrected chi connectivity index (χ3v) is 4.22. The Morgan fingerprint density at radius 3 is 2.87 bits per heavy atom. The summed E-state index contributed by atoms with van der Waals surface area (Å²) in [7, 11) is 1.64. The Kier molecular flexibility index (Phi) is 3.13. The quantitative estimate of drug-likeness (QED) is 0.690. The van der Waals surface area contributed by atoms with Crippen LogP contribution in [0.2, 0.25) is 5.02 Å². The molecular weight excluding hydrogens is 312 g/mol. The predicted molar refractivity (Wildman–Crippen MR) is 92.8 cm³/mol. The Morgan fingerprint density at radius 2 is 2.04 bits per heavy atom. The number of H-pyrrole nitrogens is 1. The van der Waals surface area contributed by atoms with Crippen molar-refractivity contribution in [1.29, 1.82) is 0 Å². The second kappa shape index (κ2) is 5.18. The Hall–Kier alpha value is -2.72. The molecule has 3 aromatic rings. The number of halogens is 1. The number of aromatic amines is 1. The first kappa shape index (κ1) is 13.9. The van der Waals surface area contributed by atoms with Crippen molar-refractivity contribution in [2.24, 2.45) is 0 Å². The normalized spacial score (nSPS) is 15.0. The molecule has 0 spiro atoms. The second-order valence-electron chi connectivity index (χ2n) is 5.36. The van der Waals surface area contributed by atoms with Gasteiger partial charge < -0.3 is 15.0 Å². The van der Waals surface area contributed by atoms with Gasteiger partial charge in [0.25, 0.3) is 5.91 Å². The van der Waals surface area contributed by atoms with Gasteiger partial charge in [-0.15, -0.1) is 0 Å². The lowest BCUT2D eigenvalue weighted by molar-refractivity contribution is -0.110. The molecule has 4 rings (SSSR count). The number of fused-ring (bicyclic) bond motifs is 2. The van der Waals surface area contributed by atoms with Gasteiger partial charge in [0.15, 0.2) is 0 Å². The molecule has 1 aliphatic heterocycles. The molecule has 0 saturated carbocycles. The zero-order valence-corrected chi connectivity index (χ0v) is 13.1. The fourth-order valence-electron chi connectivity index (χ4n) is 2.83. The van der Waals surface area contributed by atoms with Crippen LogP contribution in [0.5, 0.6) is 5.75 Å². The fourth-order valence-corrected chi connectivity index (χ4v) is 3.01. The molecule has 0 saturated heterocycles. The molecule has 2 N–H and O–H groups in total. The highest BCUT2D eigenvalue weighted by Gasteiger charge is 2.24. The maximum atomic E-state index is 12.3. The van der Waals surface area contributed by atoms with Crippen LogP contribution >= 0.6 is 11.6 Å². The maximum Gasteiger partial charge on any atom is 0.256 e. The van der Waals surface area contributed by atoms with Crippen LogP contribution in [0.15, 0.2) is 42.6 Å². The van der Waals surface area contributed by atoms with Gasteiger partial charge in [-0.3, -0.25) is 4.79 Å². The van der Waals surface area contributed by atoms with Crippen LogP contribution in [-0.2, 0) is 4.79 Å². The van der Waals surface area contributed by atoms with E-state index < -0.39 is 0 Å². The standard InChI is InChI=1S/C18H13ClN2O2/c1-23-12-3-5-16-14(8-12)10(9-20-16)6-15-13-4-2-11(19)7-17(13)21-18(15)22/h2-9,20H,1H3,(H,21,22)/b15-6+. The largest absolute Gasteiger partial charge is 0.497 e. The molecule has 0 aliphatic carbocycles. The first-order valence-electron chi connectivity index (χ1n) is 7.14. The number of anilines is 1. The summed E-state index contributed by atoms with van der Waals surface area (Å²) in [5, 5.41) is 4.45. The van der Waals surface area contributed by atoms with E-state index in [-0.39, 0.29) is 5.91 Å². The Morgan fingerprint density at radius 1 is 1.17 bits per heavy atom. The SMILES string of the molecule is COc1ccc2[nH]cc(/C=C3/C(=O)Nc4cc(Cl)ccc43)c2c1. The zero-order valence-electron chi connectivity index (χ0n) is 12.3. The molecule has 1 aromatic heterocycles. The Bertz CT molecular complexity index is 972. The molecule has 0 radical (unpaired) electrons. The van der Waals surface area contributed by atoms with E-state index in [9.17, 15) is 4.79 Å². The van der Waals surface area contributed by atoms with E-state index in [4.69, 9.17) is 16.3 Å². The average Bonchev–Trinajstić information content (AvgIpc) is 3.08. The summed E-state index contributed by atoms with van der Waals surface area (Å²) >= 11 is 5.98. The van der Waals surface area contributed by atoms with Crippen molar-refractivity contribution in [3.8, 4) is 5.75 Å². The number of hydrogen-bond acceptors (Lipinski definition) is 2. The second-order valence-corrected chi connectivity index (χ2v) is 5.79. The number of amides is 1. The smallest absolute Gasteiger partial charge is 0.256 e. The van der Waals surface area contributed by atoms with Crippen molar-refractivity contribution >= 4 is 45.7 Å². The lowest BCUT2D eigenvalue weighted by Gasteiger charge is -2.01. The minimum Gasteiger partial charge on any atom is -0.497 e. The van der Waals surface area contributed by atoms with Crippen LogP contribution in [0.1, 0.15) is 11.1 Å². The number of aromatic nitrogens is 1. The molecular formula is C18H13ClN2O2. The molecule has 2 aromatic carbocycles. The van der Waals surface area contributed by atoms with Gasteiger partial charge >= 0.3 is 0 Å². The molecule has 1 amide bonds. The lowest BCUT2D eigenvalue weighted by Crippen LogP contribution is -2.03. The van der Waals surface area contributed by atoms with Crippen LogP contribution in [0, 0.1) is 0 Å². The number of methoxy groups -OCH3 is 1. The Labute approximate surface area is 137 Å². The van der Waals surface area contributed by atoms with E-state index in [2.05, 4.69) is 10.3 Å². The van der Waals surface area contributed by atoms with Crippen LogP contribution in [0.25, 0.3) is 22.6 Å². The number of ether oxygens (including phenoxy) is 1. The van der Waals surface area contributed by atoms with E-state index in [1.807, 2.05) is 36.5 Å². The fraction of sp³-hybridized carbons (Fsp3) is 0.0556. The molecule has 23 heavy (non-hydrogen) atoms. The highest BCUT2D eigenvalue weighted by atomic mass is 35.5. The molecule has 2 heterocycles. The molecule has 0 bridgehead atoms. The molecule has 0 unspecified atom stereocenters. The van der Waals surface area contributed by atoms with Gasteiger partial charge in [-0.2, -0.15) is 0 Å². The Balaban J connectivity index is 1.87. The van der Waals surface area contributed by atoms with Gasteiger partial charge in [-0.1, -0.05) is 17.7 Å². The molecule has 0 fully saturated rings. The van der Waals surface area contributed by atoms with E-state index in [0.29, 0.717) is 10.6 Å². The van der Waals surface area contributed by atoms with Gasteiger partial charge in [0.1, 0.15) is 5.75 Å². The summed E-state index contributed by atoms with van der Waals surface area (Å²) in [5.41, 5.74) is 4.16. The van der Waals surface area contributed by atoms with Crippen molar-refractivity contribution in [1.82, 2.24) is 4.98 Å². The zero-order chi connectivity index (χ0) is 16.0. The topological polar surface area (TPSA) is 54.1 Å². The first-order valence-corrected chi connectivity index (χ1v) is 7.51. The molecule has 1 aliphatic rings. The number of hydrogen-bond donors (Lipinski definition) is 2. The van der Waals surface area contributed by atoms with Gasteiger partial charge in [0.05, 0.1) is 12.8 Å². The van der Waals surface area contributed by atoms with Crippen LogP contribution in [0.3, 0.4) is 0 Å². The summed E-state index contributed by atoms with van der Waals surface area (Å²) in [6.07, 6.45) is 3.77. The monoisotopic (exact) mass is 324 g/mol. The van der Waals surface area contributed by atoms with Crippen molar-refractivity contribution in [2.75, 3.05) is 12.4 Å². The van der Waals surface area contributed by atoms with Crippen molar-refractivity contribution < 1.29 is 9.53 Å². The summed E-state index contributed by atoms with van der Waals surface area (Å²) in [4.78, 5) is 15.5. The minimum absolute atomic E-state index is 0.125. The third kappa shape index (κ3) is 2.28. The van der Waals surface area contributed by atoms with Crippen molar-refractivity contribution in [3.05, 3.63) is 58.7 Å². The highest BCUT2D eigenvalue weighted by Crippen LogP contribution is 2.36. The van der Waals surface area contributed by atoms with Crippen molar-refractivity contribution in [3.63, 3.8) is 0 Å². The minimum atomic E-state index is -0.125. The lowest BCUT2D eigenvalue weighted by atomic mass is 10.0. The summed E-state index contributed by atoms with van der Waals surface area (Å²) in [5.74, 6) is 0.652. The van der Waals surface area contributed by atoms with E-state index in [1.165, 1.54) is 0 Å². The van der Waals surface area contributed by atoms with E-state index >= 15 is 0 Å². The average molecular weight is 325 g/mol. The van der Waals surface area contributed by atoms with Gasteiger partial charge in [-0.25, -0.2) is 0 Å². The third-order valence-electron chi connectivity index (χ3n) is 3.99. The number of carbonyl (C=O) groups excluding carboxylic acids is 1. The van der Waals surface area contributed by atoms with Crippen molar-refractivity contribution in [2.45, 2.75) is 0 Å². The summed E-state index contributed by atoms with van der Waals surface area (Å²) in [6.45, 7) is 0.